The molecule has 20 heavy (non-hydrogen) atoms. The van der Waals surface area contributed by atoms with E-state index in [4.69, 9.17) is 4.74 Å². The van der Waals surface area contributed by atoms with E-state index in [0.717, 1.165) is 38.4 Å². The lowest BCUT2D eigenvalue weighted by Crippen LogP contribution is -2.41. The largest absolute Gasteiger partial charge is 0.379 e. The Labute approximate surface area is 121 Å². The van der Waals surface area contributed by atoms with Gasteiger partial charge < -0.3 is 4.74 Å². The number of ether oxygens (including phenoxy) is 1. The zero-order chi connectivity index (χ0) is 14.6. The second kappa shape index (κ2) is 6.67. The number of hydrogen-bond donors (Lipinski definition) is 0. The Morgan fingerprint density at radius 2 is 2.00 bits per heavy atom. The second-order valence-corrected chi connectivity index (χ2v) is 7.14. The first kappa shape index (κ1) is 15.4. The highest BCUT2D eigenvalue weighted by Gasteiger charge is 2.21. The lowest BCUT2D eigenvalue weighted by atomic mass is 10.2. The fraction of sp³-hybridized carbons (Fsp3) is 0.571. The fourth-order valence-corrected chi connectivity index (χ4v) is 3.45. The third-order valence-electron chi connectivity index (χ3n) is 3.53. The van der Waals surface area contributed by atoms with Crippen LogP contribution in [0.25, 0.3) is 0 Å². The summed E-state index contributed by atoms with van der Waals surface area (Å²) in [5, 5.41) is 0. The molecule has 112 valence electrons. The minimum absolute atomic E-state index is 0.363. The molecule has 1 aromatic carbocycles. The molecule has 6 heteroatoms. The van der Waals surface area contributed by atoms with E-state index in [1.807, 2.05) is 13.0 Å². The number of sulfonamides is 1. The van der Waals surface area contributed by atoms with Crippen molar-refractivity contribution >= 4 is 10.0 Å². The van der Waals surface area contributed by atoms with Crippen molar-refractivity contribution in [3.8, 4) is 0 Å². The summed E-state index contributed by atoms with van der Waals surface area (Å²) in [5.74, 6) is 0. The molecule has 0 aromatic heterocycles. The molecule has 1 aromatic rings. The molecule has 0 bridgehead atoms. The van der Waals surface area contributed by atoms with Crippen molar-refractivity contribution in [1.29, 1.82) is 0 Å². The van der Waals surface area contributed by atoms with Crippen molar-refractivity contribution in [3.05, 3.63) is 29.8 Å². The summed E-state index contributed by atoms with van der Waals surface area (Å²) >= 11 is 0. The third kappa shape index (κ3) is 3.79. The fourth-order valence-electron chi connectivity index (χ4n) is 2.18. The SMILES string of the molecule is Cc1cccc(S(=O)(=O)N(C)CCN2CCOCC2)c1. The van der Waals surface area contributed by atoms with Gasteiger partial charge in [0.15, 0.2) is 0 Å². The number of benzene rings is 1. The predicted molar refractivity (Wildman–Crippen MR) is 78.3 cm³/mol. The number of likely N-dealkylation sites (N-methyl/N-ethyl adjacent to an activating group) is 1. The van der Waals surface area contributed by atoms with E-state index >= 15 is 0 Å². The predicted octanol–water partition coefficient (Wildman–Crippen LogP) is 0.948. The maximum Gasteiger partial charge on any atom is 0.242 e. The minimum Gasteiger partial charge on any atom is -0.379 e. The van der Waals surface area contributed by atoms with Gasteiger partial charge in [0, 0.05) is 33.2 Å². The zero-order valence-corrected chi connectivity index (χ0v) is 12.9. The van der Waals surface area contributed by atoms with Crippen molar-refractivity contribution in [2.75, 3.05) is 46.4 Å². The van der Waals surface area contributed by atoms with Crippen LogP contribution >= 0.6 is 0 Å². The normalized spacial score (nSPS) is 17.6. The quantitative estimate of drug-likeness (QED) is 0.812. The lowest BCUT2D eigenvalue weighted by molar-refractivity contribution is 0.0368. The summed E-state index contributed by atoms with van der Waals surface area (Å²) in [4.78, 5) is 2.59. The second-order valence-electron chi connectivity index (χ2n) is 5.10. The number of rotatable bonds is 5. The topological polar surface area (TPSA) is 49.9 Å². The maximum atomic E-state index is 12.4. The average molecular weight is 298 g/mol. The molecule has 0 atom stereocenters. The molecule has 5 nitrogen and oxygen atoms in total. The first-order valence-corrected chi connectivity index (χ1v) is 8.27. The van der Waals surface area contributed by atoms with Gasteiger partial charge in [0.25, 0.3) is 0 Å². The van der Waals surface area contributed by atoms with Crippen LogP contribution in [0.2, 0.25) is 0 Å². The highest BCUT2D eigenvalue weighted by molar-refractivity contribution is 7.89. The van der Waals surface area contributed by atoms with Gasteiger partial charge in [0.2, 0.25) is 10.0 Å². The molecule has 2 rings (SSSR count). The van der Waals surface area contributed by atoms with E-state index in [-0.39, 0.29) is 0 Å². The lowest BCUT2D eigenvalue weighted by Gasteiger charge is -2.28. The van der Waals surface area contributed by atoms with Gasteiger partial charge >= 0.3 is 0 Å². The Balaban J connectivity index is 1.98. The summed E-state index contributed by atoms with van der Waals surface area (Å²) in [6.45, 7) is 6.34. The van der Waals surface area contributed by atoms with Crippen LogP contribution < -0.4 is 0 Å². The van der Waals surface area contributed by atoms with Crippen molar-refractivity contribution in [1.82, 2.24) is 9.21 Å². The van der Waals surface area contributed by atoms with E-state index in [1.54, 1.807) is 25.2 Å². The number of nitrogens with zero attached hydrogens (tertiary/aromatic N) is 2. The Hall–Kier alpha value is -0.950. The first-order chi connectivity index (χ1) is 9.50. The number of aryl methyl sites for hydroxylation is 1. The van der Waals surface area contributed by atoms with E-state index in [1.165, 1.54) is 4.31 Å². The summed E-state index contributed by atoms with van der Waals surface area (Å²) in [5.41, 5.74) is 0.952. The van der Waals surface area contributed by atoms with Gasteiger partial charge in [-0.15, -0.1) is 0 Å². The van der Waals surface area contributed by atoms with Crippen LogP contribution in [0, 0.1) is 6.92 Å². The van der Waals surface area contributed by atoms with Gasteiger partial charge in [0.1, 0.15) is 0 Å². The van der Waals surface area contributed by atoms with E-state index in [9.17, 15) is 8.42 Å². The monoisotopic (exact) mass is 298 g/mol. The van der Waals surface area contributed by atoms with Crippen LogP contribution in [-0.4, -0.2) is 64.1 Å². The van der Waals surface area contributed by atoms with Crippen molar-refractivity contribution in [2.24, 2.45) is 0 Å². The van der Waals surface area contributed by atoms with Gasteiger partial charge in [-0.1, -0.05) is 12.1 Å². The highest BCUT2D eigenvalue weighted by atomic mass is 32.2. The molecular weight excluding hydrogens is 276 g/mol. The highest BCUT2D eigenvalue weighted by Crippen LogP contribution is 2.15. The molecule has 1 aliphatic heterocycles. The summed E-state index contributed by atoms with van der Waals surface area (Å²) < 4.78 is 31.6. The van der Waals surface area contributed by atoms with E-state index in [2.05, 4.69) is 4.90 Å². The van der Waals surface area contributed by atoms with Crippen LogP contribution in [0.3, 0.4) is 0 Å². The van der Waals surface area contributed by atoms with Gasteiger partial charge in [-0.05, 0) is 24.6 Å². The summed E-state index contributed by atoms with van der Waals surface area (Å²) in [7, 11) is -1.75. The molecule has 1 aliphatic rings. The van der Waals surface area contributed by atoms with Crippen LogP contribution in [0.5, 0.6) is 0 Å². The van der Waals surface area contributed by atoms with Crippen LogP contribution in [-0.2, 0) is 14.8 Å². The molecule has 1 saturated heterocycles. The Bertz CT molecular complexity index is 539. The molecule has 0 N–H and O–H groups in total. The van der Waals surface area contributed by atoms with Crippen LogP contribution in [0.15, 0.2) is 29.2 Å². The van der Waals surface area contributed by atoms with Crippen LogP contribution in [0.4, 0.5) is 0 Å². The maximum absolute atomic E-state index is 12.4. The smallest absolute Gasteiger partial charge is 0.242 e. The zero-order valence-electron chi connectivity index (χ0n) is 12.1. The Morgan fingerprint density at radius 1 is 1.30 bits per heavy atom. The minimum atomic E-state index is -3.39. The molecule has 0 unspecified atom stereocenters. The molecule has 0 radical (unpaired) electrons. The Kier molecular flexibility index (Phi) is 5.15. The Morgan fingerprint density at radius 3 is 2.65 bits per heavy atom. The van der Waals surface area contributed by atoms with Gasteiger partial charge in [-0.25, -0.2) is 8.42 Å². The molecule has 0 saturated carbocycles. The van der Waals surface area contributed by atoms with Gasteiger partial charge in [0.05, 0.1) is 18.1 Å². The number of morpholine rings is 1. The third-order valence-corrected chi connectivity index (χ3v) is 5.39. The molecule has 0 aliphatic carbocycles. The van der Waals surface area contributed by atoms with E-state index in [0.29, 0.717) is 11.4 Å². The molecule has 0 amide bonds. The standard InChI is InChI=1S/C14H22N2O3S/c1-13-4-3-5-14(12-13)20(17,18)15(2)6-7-16-8-10-19-11-9-16/h3-5,12H,6-11H2,1-2H3. The molecule has 1 heterocycles. The molecular formula is C14H22N2O3S. The molecule has 0 spiro atoms. The van der Waals surface area contributed by atoms with Gasteiger partial charge in [-0.3, -0.25) is 4.90 Å². The summed E-state index contributed by atoms with van der Waals surface area (Å²) in [6, 6.07) is 7.03. The van der Waals surface area contributed by atoms with Gasteiger partial charge in [-0.2, -0.15) is 4.31 Å². The van der Waals surface area contributed by atoms with Crippen molar-refractivity contribution in [2.45, 2.75) is 11.8 Å². The number of hydrogen-bond acceptors (Lipinski definition) is 4. The molecule has 1 fully saturated rings. The first-order valence-electron chi connectivity index (χ1n) is 6.83. The van der Waals surface area contributed by atoms with Crippen molar-refractivity contribution in [3.63, 3.8) is 0 Å². The van der Waals surface area contributed by atoms with E-state index < -0.39 is 10.0 Å². The average Bonchev–Trinajstić information content (AvgIpc) is 2.45. The van der Waals surface area contributed by atoms with Crippen LogP contribution in [0.1, 0.15) is 5.56 Å². The van der Waals surface area contributed by atoms with Crippen molar-refractivity contribution < 1.29 is 13.2 Å². The summed E-state index contributed by atoms with van der Waals surface area (Å²) in [6.07, 6.45) is 0.